The summed E-state index contributed by atoms with van der Waals surface area (Å²) >= 11 is 0. The van der Waals surface area contributed by atoms with Gasteiger partial charge in [0, 0.05) is 23.2 Å². The van der Waals surface area contributed by atoms with E-state index in [2.05, 4.69) is 17.1 Å². The van der Waals surface area contributed by atoms with Gasteiger partial charge < -0.3 is 4.74 Å². The minimum atomic E-state index is -0.0484. The summed E-state index contributed by atoms with van der Waals surface area (Å²) in [6.45, 7) is 2.57. The van der Waals surface area contributed by atoms with Crippen LogP contribution in [0, 0.1) is 11.8 Å². The molecule has 0 amide bonds. The highest BCUT2D eigenvalue weighted by Gasteiger charge is 2.35. The van der Waals surface area contributed by atoms with Crippen LogP contribution in [0.15, 0.2) is 36.5 Å². The minimum absolute atomic E-state index is 0.0285. The fourth-order valence-corrected chi connectivity index (χ4v) is 2.90. The van der Waals surface area contributed by atoms with Crippen LogP contribution in [0.3, 0.4) is 0 Å². The molecule has 1 aliphatic rings. The molecule has 98 valence electrons. The molecular weight excluding hydrogens is 238 g/mol. The number of esters is 1. The van der Waals surface area contributed by atoms with Gasteiger partial charge in [-0.3, -0.25) is 9.78 Å². The topological polar surface area (TPSA) is 39.2 Å². The molecule has 0 N–H and O–H groups in total. The highest BCUT2D eigenvalue weighted by Crippen LogP contribution is 2.29. The number of fused-ring (bicyclic) bond motifs is 1. The lowest BCUT2D eigenvalue weighted by molar-refractivity contribution is -0.141. The summed E-state index contributed by atoms with van der Waals surface area (Å²) in [6.07, 6.45) is 3.50. The zero-order valence-electron chi connectivity index (χ0n) is 11.0. The number of cyclic esters (lactones) is 1. The number of carbonyl (C=O) groups is 1. The van der Waals surface area contributed by atoms with Gasteiger partial charge in [0.25, 0.3) is 0 Å². The van der Waals surface area contributed by atoms with Crippen molar-refractivity contribution >= 4 is 16.7 Å². The van der Waals surface area contributed by atoms with Crippen LogP contribution < -0.4 is 0 Å². The van der Waals surface area contributed by atoms with Gasteiger partial charge in [-0.1, -0.05) is 31.2 Å². The predicted molar refractivity (Wildman–Crippen MR) is 73.7 cm³/mol. The standard InChI is InChI=1S/C16H17NO2/c1-2-13-12(10-19-16(13)18)9-15-14-6-4-3-5-11(14)7-8-17-15/h3-8,12-13H,2,9-10H2,1H3/t12-,13+/m1/s1. The highest BCUT2D eigenvalue weighted by molar-refractivity contribution is 5.84. The first-order valence-corrected chi connectivity index (χ1v) is 6.79. The van der Waals surface area contributed by atoms with Gasteiger partial charge in [-0.15, -0.1) is 0 Å². The molecule has 1 aromatic heterocycles. The van der Waals surface area contributed by atoms with Crippen molar-refractivity contribution in [2.75, 3.05) is 6.61 Å². The predicted octanol–water partition coefficient (Wildman–Crippen LogP) is 2.98. The van der Waals surface area contributed by atoms with Crippen LogP contribution in [-0.4, -0.2) is 17.6 Å². The van der Waals surface area contributed by atoms with E-state index < -0.39 is 0 Å². The molecular formula is C16H17NO2. The maximum Gasteiger partial charge on any atom is 0.309 e. The highest BCUT2D eigenvalue weighted by atomic mass is 16.5. The summed E-state index contributed by atoms with van der Waals surface area (Å²) in [6, 6.07) is 10.3. The van der Waals surface area contributed by atoms with Crippen molar-refractivity contribution in [1.29, 1.82) is 0 Å². The second kappa shape index (κ2) is 5.00. The lowest BCUT2D eigenvalue weighted by atomic mass is 9.88. The largest absolute Gasteiger partial charge is 0.465 e. The number of carbonyl (C=O) groups excluding carboxylic acids is 1. The Kier molecular flexibility index (Phi) is 3.20. The van der Waals surface area contributed by atoms with Crippen LogP contribution in [0.25, 0.3) is 10.8 Å². The number of nitrogens with zero attached hydrogens (tertiary/aromatic N) is 1. The van der Waals surface area contributed by atoms with Crippen molar-refractivity contribution in [2.45, 2.75) is 19.8 Å². The summed E-state index contributed by atoms with van der Waals surface area (Å²) in [5, 5.41) is 2.38. The molecule has 2 atom stereocenters. The average molecular weight is 255 g/mol. The number of ether oxygens (including phenoxy) is 1. The van der Waals surface area contributed by atoms with Gasteiger partial charge in [-0.25, -0.2) is 0 Å². The summed E-state index contributed by atoms with van der Waals surface area (Å²) < 4.78 is 5.19. The Morgan fingerprint density at radius 3 is 3.00 bits per heavy atom. The monoisotopic (exact) mass is 255 g/mol. The van der Waals surface area contributed by atoms with Crippen LogP contribution >= 0.6 is 0 Å². The third-order valence-corrected chi connectivity index (χ3v) is 3.96. The molecule has 1 aromatic carbocycles. The van der Waals surface area contributed by atoms with Crippen molar-refractivity contribution in [1.82, 2.24) is 4.98 Å². The molecule has 0 aliphatic carbocycles. The normalized spacial score (nSPS) is 22.7. The van der Waals surface area contributed by atoms with E-state index in [9.17, 15) is 4.79 Å². The summed E-state index contributed by atoms with van der Waals surface area (Å²) in [4.78, 5) is 16.1. The Hall–Kier alpha value is -1.90. The minimum Gasteiger partial charge on any atom is -0.465 e. The lowest BCUT2D eigenvalue weighted by Gasteiger charge is -2.14. The number of hydrogen-bond acceptors (Lipinski definition) is 3. The van der Waals surface area contributed by atoms with Gasteiger partial charge in [-0.2, -0.15) is 0 Å². The third kappa shape index (κ3) is 2.21. The molecule has 0 saturated carbocycles. The lowest BCUT2D eigenvalue weighted by Crippen LogP contribution is -2.17. The van der Waals surface area contributed by atoms with Gasteiger partial charge in [0.15, 0.2) is 0 Å². The molecule has 3 heteroatoms. The van der Waals surface area contributed by atoms with Gasteiger partial charge in [-0.05, 0) is 24.3 Å². The molecule has 0 radical (unpaired) electrons. The molecule has 0 unspecified atom stereocenters. The molecule has 1 fully saturated rings. The molecule has 0 bridgehead atoms. The SMILES string of the molecule is CC[C@@H]1C(=O)OC[C@H]1Cc1nccc2ccccc12. The van der Waals surface area contributed by atoms with Gasteiger partial charge in [0.2, 0.25) is 0 Å². The van der Waals surface area contributed by atoms with E-state index in [0.29, 0.717) is 6.61 Å². The number of aromatic nitrogens is 1. The fourth-order valence-electron chi connectivity index (χ4n) is 2.90. The molecule has 3 nitrogen and oxygen atoms in total. The molecule has 2 aromatic rings. The Morgan fingerprint density at radius 1 is 1.32 bits per heavy atom. The van der Waals surface area contributed by atoms with E-state index in [1.807, 2.05) is 31.3 Å². The van der Waals surface area contributed by atoms with E-state index >= 15 is 0 Å². The number of hydrogen-bond donors (Lipinski definition) is 0. The smallest absolute Gasteiger partial charge is 0.309 e. The molecule has 2 heterocycles. The average Bonchev–Trinajstić information content (AvgIpc) is 2.79. The van der Waals surface area contributed by atoms with E-state index in [4.69, 9.17) is 4.74 Å². The molecule has 19 heavy (non-hydrogen) atoms. The van der Waals surface area contributed by atoms with Gasteiger partial charge >= 0.3 is 5.97 Å². The Morgan fingerprint density at radius 2 is 2.16 bits per heavy atom. The summed E-state index contributed by atoms with van der Waals surface area (Å²) in [5.41, 5.74) is 1.07. The maximum absolute atomic E-state index is 11.6. The van der Waals surface area contributed by atoms with E-state index in [0.717, 1.165) is 18.5 Å². The van der Waals surface area contributed by atoms with Gasteiger partial charge in [0.05, 0.1) is 12.5 Å². The van der Waals surface area contributed by atoms with Crippen LogP contribution in [0.1, 0.15) is 19.0 Å². The van der Waals surface area contributed by atoms with Crippen LogP contribution in [0.5, 0.6) is 0 Å². The Balaban J connectivity index is 1.91. The number of benzene rings is 1. The van der Waals surface area contributed by atoms with Crippen molar-refractivity contribution in [2.24, 2.45) is 11.8 Å². The molecule has 3 rings (SSSR count). The van der Waals surface area contributed by atoms with Crippen molar-refractivity contribution < 1.29 is 9.53 Å². The molecule has 0 spiro atoms. The van der Waals surface area contributed by atoms with E-state index in [1.165, 1.54) is 10.8 Å². The van der Waals surface area contributed by atoms with Gasteiger partial charge in [0.1, 0.15) is 0 Å². The van der Waals surface area contributed by atoms with E-state index in [1.54, 1.807) is 0 Å². The van der Waals surface area contributed by atoms with Crippen molar-refractivity contribution in [3.05, 3.63) is 42.2 Å². The summed E-state index contributed by atoms with van der Waals surface area (Å²) in [7, 11) is 0. The van der Waals surface area contributed by atoms with E-state index in [-0.39, 0.29) is 17.8 Å². The fraction of sp³-hybridized carbons (Fsp3) is 0.375. The number of pyridine rings is 1. The first-order chi connectivity index (χ1) is 9.29. The summed E-state index contributed by atoms with van der Waals surface area (Å²) in [5.74, 6) is 0.240. The quantitative estimate of drug-likeness (QED) is 0.791. The zero-order valence-corrected chi connectivity index (χ0v) is 11.0. The molecule has 1 saturated heterocycles. The van der Waals surface area contributed by atoms with Crippen molar-refractivity contribution in [3.63, 3.8) is 0 Å². The van der Waals surface area contributed by atoms with Crippen LogP contribution in [0.4, 0.5) is 0 Å². The maximum atomic E-state index is 11.6. The first-order valence-electron chi connectivity index (χ1n) is 6.79. The first kappa shape index (κ1) is 12.2. The number of rotatable bonds is 3. The Bertz CT molecular complexity index is 603. The zero-order chi connectivity index (χ0) is 13.2. The van der Waals surface area contributed by atoms with Crippen LogP contribution in [0.2, 0.25) is 0 Å². The van der Waals surface area contributed by atoms with Crippen LogP contribution in [-0.2, 0) is 16.0 Å². The van der Waals surface area contributed by atoms with Crippen molar-refractivity contribution in [3.8, 4) is 0 Å². The second-order valence-electron chi connectivity index (χ2n) is 5.09. The second-order valence-corrected chi connectivity index (χ2v) is 5.09. The molecule has 1 aliphatic heterocycles. The third-order valence-electron chi connectivity index (χ3n) is 3.96. The Labute approximate surface area is 112 Å².